The van der Waals surface area contributed by atoms with Crippen molar-refractivity contribution in [3.63, 3.8) is 0 Å². The standard InChI is InChI=1S/C13H18BrN3S/c14-12-5-4-11(18-12)9-6-10(9)17-13(15)16-7-8-2-1-3-8/h4-5,8-10H,1-3,6-7H2,(H3,15,16,17)/t9-,10-/m1/s1. The molecule has 2 saturated carbocycles. The van der Waals surface area contributed by atoms with E-state index < -0.39 is 0 Å². The molecule has 3 nitrogen and oxygen atoms in total. The van der Waals surface area contributed by atoms with Crippen LogP contribution in [0.2, 0.25) is 0 Å². The summed E-state index contributed by atoms with van der Waals surface area (Å²) in [6.07, 6.45) is 5.19. The first-order chi connectivity index (χ1) is 8.72. The lowest BCUT2D eigenvalue weighted by Crippen LogP contribution is -2.34. The summed E-state index contributed by atoms with van der Waals surface area (Å²) >= 11 is 5.32. The summed E-state index contributed by atoms with van der Waals surface area (Å²) in [6, 6.07) is 4.80. The SMILES string of the molecule is NC(=NCC1CCC1)N[C@@H]1C[C@H]1c1ccc(Br)s1. The van der Waals surface area contributed by atoms with E-state index in [1.54, 1.807) is 0 Å². The Bertz CT molecular complexity index is 453. The molecule has 3 N–H and O–H groups in total. The van der Waals surface area contributed by atoms with Gasteiger partial charge in [-0.3, -0.25) is 4.99 Å². The highest BCUT2D eigenvalue weighted by Crippen LogP contribution is 2.44. The van der Waals surface area contributed by atoms with E-state index in [0.29, 0.717) is 17.9 Å². The zero-order valence-corrected chi connectivity index (χ0v) is 12.6. The van der Waals surface area contributed by atoms with E-state index in [-0.39, 0.29) is 0 Å². The van der Waals surface area contributed by atoms with Gasteiger partial charge in [0.15, 0.2) is 5.96 Å². The lowest BCUT2D eigenvalue weighted by Gasteiger charge is -2.23. The van der Waals surface area contributed by atoms with Crippen LogP contribution in [0.25, 0.3) is 0 Å². The van der Waals surface area contributed by atoms with Gasteiger partial charge >= 0.3 is 0 Å². The van der Waals surface area contributed by atoms with Crippen molar-refractivity contribution in [3.8, 4) is 0 Å². The number of hydrogen-bond acceptors (Lipinski definition) is 2. The summed E-state index contributed by atoms with van der Waals surface area (Å²) in [7, 11) is 0. The quantitative estimate of drug-likeness (QED) is 0.659. The third kappa shape index (κ3) is 2.88. The van der Waals surface area contributed by atoms with Crippen LogP contribution in [0.1, 0.15) is 36.5 Å². The molecule has 1 heterocycles. The van der Waals surface area contributed by atoms with Crippen LogP contribution in [-0.2, 0) is 0 Å². The lowest BCUT2D eigenvalue weighted by molar-refractivity contribution is 0.326. The molecule has 0 saturated heterocycles. The molecule has 0 radical (unpaired) electrons. The molecule has 2 fully saturated rings. The van der Waals surface area contributed by atoms with Crippen LogP contribution in [0.3, 0.4) is 0 Å². The Morgan fingerprint density at radius 2 is 2.33 bits per heavy atom. The van der Waals surface area contributed by atoms with Crippen LogP contribution in [-0.4, -0.2) is 18.5 Å². The molecule has 0 aromatic carbocycles. The van der Waals surface area contributed by atoms with Gasteiger partial charge in [-0.1, -0.05) is 6.42 Å². The smallest absolute Gasteiger partial charge is 0.188 e. The lowest BCUT2D eigenvalue weighted by atomic mass is 9.86. The maximum Gasteiger partial charge on any atom is 0.188 e. The highest BCUT2D eigenvalue weighted by Gasteiger charge is 2.39. The van der Waals surface area contributed by atoms with Crippen molar-refractivity contribution in [1.82, 2.24) is 5.32 Å². The molecule has 3 rings (SSSR count). The average molecular weight is 328 g/mol. The molecule has 98 valence electrons. The van der Waals surface area contributed by atoms with Crippen LogP contribution >= 0.6 is 27.3 Å². The van der Waals surface area contributed by atoms with Crippen molar-refractivity contribution in [2.24, 2.45) is 16.6 Å². The molecule has 0 bridgehead atoms. The van der Waals surface area contributed by atoms with Gasteiger partial charge in [0.2, 0.25) is 0 Å². The predicted octanol–water partition coefficient (Wildman–Crippen LogP) is 3.07. The zero-order chi connectivity index (χ0) is 12.5. The Balaban J connectivity index is 1.46. The molecule has 1 aromatic heterocycles. The molecule has 2 aliphatic rings. The number of rotatable bonds is 4. The van der Waals surface area contributed by atoms with E-state index in [1.807, 2.05) is 11.3 Å². The summed E-state index contributed by atoms with van der Waals surface area (Å²) in [5.41, 5.74) is 5.92. The fourth-order valence-corrected chi connectivity index (χ4v) is 3.94. The maximum absolute atomic E-state index is 5.92. The summed E-state index contributed by atoms with van der Waals surface area (Å²) in [6.45, 7) is 0.904. The fraction of sp³-hybridized carbons (Fsp3) is 0.615. The third-order valence-electron chi connectivity index (χ3n) is 3.83. The van der Waals surface area contributed by atoms with E-state index >= 15 is 0 Å². The van der Waals surface area contributed by atoms with E-state index in [9.17, 15) is 0 Å². The minimum atomic E-state index is 0.487. The maximum atomic E-state index is 5.92. The van der Waals surface area contributed by atoms with Crippen molar-refractivity contribution < 1.29 is 0 Å². The molecule has 2 atom stereocenters. The van der Waals surface area contributed by atoms with Gasteiger partial charge in [0, 0.05) is 23.4 Å². The molecule has 0 amide bonds. The van der Waals surface area contributed by atoms with Crippen LogP contribution in [0.5, 0.6) is 0 Å². The second-order valence-corrected chi connectivity index (χ2v) is 7.75. The van der Waals surface area contributed by atoms with Crippen LogP contribution in [0.15, 0.2) is 20.9 Å². The molecular weight excluding hydrogens is 310 g/mol. The third-order valence-corrected chi connectivity index (χ3v) is 5.58. The van der Waals surface area contributed by atoms with Crippen molar-refractivity contribution in [2.45, 2.75) is 37.6 Å². The molecule has 1 aromatic rings. The van der Waals surface area contributed by atoms with E-state index in [4.69, 9.17) is 5.73 Å². The molecule has 5 heteroatoms. The number of nitrogens with zero attached hydrogens (tertiary/aromatic N) is 1. The van der Waals surface area contributed by atoms with Crippen molar-refractivity contribution >= 4 is 33.2 Å². The summed E-state index contributed by atoms with van der Waals surface area (Å²) < 4.78 is 1.20. The molecule has 18 heavy (non-hydrogen) atoms. The average Bonchev–Trinajstić information content (AvgIpc) is 2.88. The molecule has 0 unspecified atom stereocenters. The Hall–Kier alpha value is -0.550. The Kier molecular flexibility index (Phi) is 3.61. The molecule has 0 aliphatic heterocycles. The van der Waals surface area contributed by atoms with E-state index in [1.165, 1.54) is 34.3 Å². The van der Waals surface area contributed by atoms with Crippen molar-refractivity contribution in [1.29, 1.82) is 0 Å². The van der Waals surface area contributed by atoms with Gasteiger partial charge in [0.1, 0.15) is 0 Å². The number of guanidine groups is 1. The van der Waals surface area contributed by atoms with Gasteiger partial charge in [-0.2, -0.15) is 0 Å². The number of aliphatic imine (C=N–C) groups is 1. The molecular formula is C13H18BrN3S. The minimum Gasteiger partial charge on any atom is -0.370 e. The van der Waals surface area contributed by atoms with Gasteiger partial charge in [0.05, 0.1) is 3.79 Å². The molecule has 0 spiro atoms. The monoisotopic (exact) mass is 327 g/mol. The first-order valence-corrected chi connectivity index (χ1v) is 8.15. The number of thiophene rings is 1. The second-order valence-electron chi connectivity index (χ2n) is 5.26. The second kappa shape index (κ2) is 5.21. The topological polar surface area (TPSA) is 50.4 Å². The number of nitrogens with one attached hydrogen (secondary N) is 1. The highest BCUT2D eigenvalue weighted by molar-refractivity contribution is 9.11. The highest BCUT2D eigenvalue weighted by atomic mass is 79.9. The Morgan fingerprint density at radius 3 is 2.94 bits per heavy atom. The van der Waals surface area contributed by atoms with E-state index in [2.05, 4.69) is 38.4 Å². The summed E-state index contributed by atoms with van der Waals surface area (Å²) in [5, 5.41) is 3.33. The van der Waals surface area contributed by atoms with Crippen molar-refractivity contribution in [3.05, 3.63) is 20.8 Å². The van der Waals surface area contributed by atoms with Gasteiger partial charge in [-0.25, -0.2) is 0 Å². The van der Waals surface area contributed by atoms with Gasteiger partial charge in [-0.05, 0) is 53.2 Å². The largest absolute Gasteiger partial charge is 0.370 e. The normalized spacial score (nSPS) is 27.9. The first-order valence-electron chi connectivity index (χ1n) is 6.54. The van der Waals surface area contributed by atoms with Gasteiger partial charge in [-0.15, -0.1) is 11.3 Å². The van der Waals surface area contributed by atoms with Crippen LogP contribution in [0.4, 0.5) is 0 Å². The fourth-order valence-electron chi connectivity index (χ4n) is 2.33. The van der Waals surface area contributed by atoms with Gasteiger partial charge < -0.3 is 11.1 Å². The summed E-state index contributed by atoms with van der Waals surface area (Å²) in [5.74, 6) is 2.04. The Labute approximate surface area is 120 Å². The van der Waals surface area contributed by atoms with Crippen LogP contribution in [0, 0.1) is 5.92 Å². The van der Waals surface area contributed by atoms with Gasteiger partial charge in [0.25, 0.3) is 0 Å². The number of nitrogens with two attached hydrogens (primary N) is 1. The minimum absolute atomic E-state index is 0.487. The van der Waals surface area contributed by atoms with Crippen LogP contribution < -0.4 is 11.1 Å². The summed E-state index contributed by atoms with van der Waals surface area (Å²) in [4.78, 5) is 5.87. The number of hydrogen-bond donors (Lipinski definition) is 2. The Morgan fingerprint density at radius 1 is 1.50 bits per heavy atom. The predicted molar refractivity (Wildman–Crippen MR) is 80.1 cm³/mol. The number of halogens is 1. The first kappa shape index (κ1) is 12.5. The zero-order valence-electron chi connectivity index (χ0n) is 10.2. The molecule has 2 aliphatic carbocycles. The van der Waals surface area contributed by atoms with E-state index in [0.717, 1.165) is 12.5 Å². The van der Waals surface area contributed by atoms with Crippen molar-refractivity contribution in [2.75, 3.05) is 6.54 Å².